The molecule has 0 aromatic heterocycles. The summed E-state index contributed by atoms with van der Waals surface area (Å²) in [5.74, 6) is -3.36. The third-order valence-corrected chi connectivity index (χ3v) is 4.58. The van der Waals surface area contributed by atoms with Crippen molar-refractivity contribution in [1.29, 1.82) is 0 Å². The van der Waals surface area contributed by atoms with E-state index in [9.17, 15) is 18.7 Å². The SMILES string of the molecule is C=C(C)c1c(F)c(OCC(=O)O)cc(Cl)c1Cc1ccc(O)c(C(C)C)c1F. The lowest BCUT2D eigenvalue weighted by Gasteiger charge is -2.18. The van der Waals surface area contributed by atoms with Crippen LogP contribution in [0.25, 0.3) is 5.57 Å². The Morgan fingerprint density at radius 1 is 1.29 bits per heavy atom. The maximum Gasteiger partial charge on any atom is 0.341 e. The third-order valence-electron chi connectivity index (χ3n) is 4.24. The molecule has 2 aromatic rings. The van der Waals surface area contributed by atoms with Gasteiger partial charge in [0, 0.05) is 28.6 Å². The third kappa shape index (κ3) is 4.44. The second-order valence-corrected chi connectivity index (χ2v) is 7.20. The highest BCUT2D eigenvalue weighted by molar-refractivity contribution is 6.31. The van der Waals surface area contributed by atoms with Gasteiger partial charge in [0.15, 0.2) is 18.2 Å². The summed E-state index contributed by atoms with van der Waals surface area (Å²) in [6.45, 7) is 8.08. The second-order valence-electron chi connectivity index (χ2n) is 6.79. The number of carbonyl (C=O) groups is 1. The molecule has 0 amide bonds. The van der Waals surface area contributed by atoms with Crippen LogP contribution in [-0.4, -0.2) is 22.8 Å². The lowest BCUT2D eigenvalue weighted by Crippen LogP contribution is -2.12. The number of rotatable bonds is 7. The van der Waals surface area contributed by atoms with E-state index in [0.29, 0.717) is 11.1 Å². The standard InChI is InChI=1S/C21H21ClF2O4/c1-10(2)18-13(14(22)8-16(21(18)24)28-9-17(26)27)7-12-5-6-15(25)19(11(3)4)20(12)23/h5-6,8,11,25H,1,7,9H2,2-4H3,(H,26,27). The number of carboxylic acid groups (broad SMARTS) is 1. The van der Waals surface area contributed by atoms with Gasteiger partial charge in [-0.25, -0.2) is 13.6 Å². The number of carboxylic acids is 1. The van der Waals surface area contributed by atoms with E-state index in [-0.39, 0.29) is 45.6 Å². The first-order valence-corrected chi connectivity index (χ1v) is 8.93. The van der Waals surface area contributed by atoms with Crippen LogP contribution in [0.15, 0.2) is 24.8 Å². The molecule has 7 heteroatoms. The number of halogens is 3. The number of hydrogen-bond donors (Lipinski definition) is 2. The fraction of sp³-hybridized carbons (Fsp3) is 0.286. The van der Waals surface area contributed by atoms with Crippen LogP contribution in [-0.2, 0) is 11.2 Å². The summed E-state index contributed by atoms with van der Waals surface area (Å²) >= 11 is 6.29. The average Bonchev–Trinajstić information content (AvgIpc) is 2.58. The van der Waals surface area contributed by atoms with E-state index < -0.39 is 24.2 Å². The van der Waals surface area contributed by atoms with Gasteiger partial charge in [-0.05, 0) is 35.6 Å². The molecule has 2 aromatic carbocycles. The Balaban J connectivity index is 2.58. The van der Waals surface area contributed by atoms with Gasteiger partial charge in [0.2, 0.25) is 0 Å². The van der Waals surface area contributed by atoms with Crippen LogP contribution in [0.3, 0.4) is 0 Å². The minimum atomic E-state index is -1.26. The van der Waals surface area contributed by atoms with E-state index in [2.05, 4.69) is 6.58 Å². The van der Waals surface area contributed by atoms with E-state index in [1.54, 1.807) is 20.8 Å². The molecule has 0 spiro atoms. The van der Waals surface area contributed by atoms with Crippen LogP contribution >= 0.6 is 11.6 Å². The van der Waals surface area contributed by atoms with Crippen molar-refractivity contribution >= 4 is 23.1 Å². The number of phenols is 1. The van der Waals surface area contributed by atoms with Gasteiger partial charge < -0.3 is 14.9 Å². The average molecular weight is 411 g/mol. The van der Waals surface area contributed by atoms with Gasteiger partial charge in [0.1, 0.15) is 11.6 Å². The molecule has 0 atom stereocenters. The second kappa shape index (κ2) is 8.61. The number of ether oxygens (including phenoxy) is 1. The molecule has 0 bridgehead atoms. The molecule has 150 valence electrons. The lowest BCUT2D eigenvalue weighted by molar-refractivity contribution is -0.139. The largest absolute Gasteiger partial charge is 0.508 e. The minimum absolute atomic E-state index is 0.0387. The van der Waals surface area contributed by atoms with Crippen molar-refractivity contribution in [2.24, 2.45) is 0 Å². The van der Waals surface area contributed by atoms with Crippen LogP contribution in [0.1, 0.15) is 48.9 Å². The van der Waals surface area contributed by atoms with Gasteiger partial charge in [-0.1, -0.05) is 38.1 Å². The molecule has 2 rings (SSSR count). The number of allylic oxidation sites excluding steroid dienone is 1. The quantitative estimate of drug-likeness (QED) is 0.629. The normalized spacial score (nSPS) is 11.0. The zero-order valence-corrected chi connectivity index (χ0v) is 16.5. The van der Waals surface area contributed by atoms with Crippen molar-refractivity contribution in [3.8, 4) is 11.5 Å². The molecule has 28 heavy (non-hydrogen) atoms. The fourth-order valence-corrected chi connectivity index (χ4v) is 3.27. The minimum Gasteiger partial charge on any atom is -0.508 e. The van der Waals surface area contributed by atoms with E-state index in [4.69, 9.17) is 21.4 Å². The zero-order valence-electron chi connectivity index (χ0n) is 15.8. The van der Waals surface area contributed by atoms with Crippen molar-refractivity contribution in [2.45, 2.75) is 33.1 Å². The van der Waals surface area contributed by atoms with E-state index in [0.717, 1.165) is 0 Å². The number of phenolic OH excluding ortho intramolecular Hbond substituents is 1. The maximum absolute atomic E-state index is 14.9. The highest BCUT2D eigenvalue weighted by Crippen LogP contribution is 2.37. The molecular formula is C21H21ClF2O4. The van der Waals surface area contributed by atoms with Crippen molar-refractivity contribution in [3.05, 3.63) is 63.7 Å². The molecule has 2 N–H and O–H groups in total. The maximum atomic E-state index is 14.9. The molecular weight excluding hydrogens is 390 g/mol. The number of aliphatic carboxylic acids is 1. The van der Waals surface area contributed by atoms with E-state index in [1.807, 2.05) is 0 Å². The predicted molar refractivity (Wildman–Crippen MR) is 104 cm³/mol. The lowest BCUT2D eigenvalue weighted by atomic mass is 9.92. The highest BCUT2D eigenvalue weighted by atomic mass is 35.5. The van der Waals surface area contributed by atoms with Crippen molar-refractivity contribution in [1.82, 2.24) is 0 Å². The van der Waals surface area contributed by atoms with Gasteiger partial charge in [0.25, 0.3) is 0 Å². The summed E-state index contributed by atoms with van der Waals surface area (Å²) in [5, 5.41) is 18.8. The van der Waals surface area contributed by atoms with Crippen molar-refractivity contribution in [2.75, 3.05) is 6.61 Å². The fourth-order valence-electron chi connectivity index (χ4n) is 3.01. The molecule has 0 aliphatic rings. The van der Waals surface area contributed by atoms with Crippen LogP contribution in [0.5, 0.6) is 11.5 Å². The summed E-state index contributed by atoms with van der Waals surface area (Å²) in [4.78, 5) is 10.7. The molecule has 0 saturated heterocycles. The Labute approximate surface area is 167 Å². The molecule has 0 fully saturated rings. The first-order chi connectivity index (χ1) is 13.0. The predicted octanol–water partition coefficient (Wildman–Crippen LogP) is 5.53. The van der Waals surface area contributed by atoms with Gasteiger partial charge in [-0.2, -0.15) is 0 Å². The Bertz CT molecular complexity index is 939. The molecule has 0 aliphatic carbocycles. The highest BCUT2D eigenvalue weighted by Gasteiger charge is 2.23. The van der Waals surface area contributed by atoms with Crippen LogP contribution in [0.4, 0.5) is 8.78 Å². The Morgan fingerprint density at radius 3 is 2.46 bits per heavy atom. The summed E-state index contributed by atoms with van der Waals surface area (Å²) in [5.41, 5.74) is 1.09. The van der Waals surface area contributed by atoms with E-state index >= 15 is 0 Å². The van der Waals surface area contributed by atoms with Crippen LogP contribution in [0, 0.1) is 11.6 Å². The smallest absolute Gasteiger partial charge is 0.341 e. The summed E-state index contributed by atoms with van der Waals surface area (Å²) in [7, 11) is 0. The van der Waals surface area contributed by atoms with Crippen LogP contribution < -0.4 is 4.74 Å². The molecule has 0 aliphatic heterocycles. The summed E-state index contributed by atoms with van der Waals surface area (Å²) in [6.07, 6.45) is -0.0387. The number of hydrogen-bond acceptors (Lipinski definition) is 3. The molecule has 0 saturated carbocycles. The summed E-state index contributed by atoms with van der Waals surface area (Å²) in [6, 6.07) is 3.98. The molecule has 0 unspecified atom stereocenters. The topological polar surface area (TPSA) is 66.8 Å². The van der Waals surface area contributed by atoms with Gasteiger partial charge in [0.05, 0.1) is 0 Å². The first kappa shape index (κ1) is 21.7. The molecule has 4 nitrogen and oxygen atoms in total. The Kier molecular flexibility index (Phi) is 6.67. The zero-order chi connectivity index (χ0) is 21.2. The first-order valence-electron chi connectivity index (χ1n) is 8.56. The van der Waals surface area contributed by atoms with Crippen molar-refractivity contribution in [3.63, 3.8) is 0 Å². The number of benzene rings is 2. The molecule has 0 radical (unpaired) electrons. The Morgan fingerprint density at radius 2 is 1.93 bits per heavy atom. The molecule has 0 heterocycles. The number of aromatic hydroxyl groups is 1. The monoisotopic (exact) mass is 410 g/mol. The van der Waals surface area contributed by atoms with Gasteiger partial charge in [-0.3, -0.25) is 0 Å². The van der Waals surface area contributed by atoms with E-state index in [1.165, 1.54) is 18.2 Å². The van der Waals surface area contributed by atoms with Gasteiger partial charge >= 0.3 is 5.97 Å². The summed E-state index contributed by atoms with van der Waals surface area (Å²) < 4.78 is 34.8. The Hall–Kier alpha value is -2.60. The van der Waals surface area contributed by atoms with Gasteiger partial charge in [-0.15, -0.1) is 0 Å². The van der Waals surface area contributed by atoms with Crippen molar-refractivity contribution < 1.29 is 28.5 Å². The van der Waals surface area contributed by atoms with Crippen LogP contribution in [0.2, 0.25) is 5.02 Å².